The summed E-state index contributed by atoms with van der Waals surface area (Å²) in [4.78, 5) is 26.3. The number of nitrogens with zero attached hydrogens (tertiary/aromatic N) is 1. The van der Waals surface area contributed by atoms with Gasteiger partial charge in [0, 0.05) is 11.9 Å². The van der Waals surface area contributed by atoms with Gasteiger partial charge in [-0.05, 0) is 50.3 Å². The number of aryl methyl sites for hydroxylation is 1. The molecule has 7 nitrogen and oxygen atoms in total. The Kier molecular flexibility index (Phi) is 6.47. The lowest BCUT2D eigenvalue weighted by molar-refractivity contribution is 0.0816. The predicted molar refractivity (Wildman–Crippen MR) is 112 cm³/mol. The molecule has 1 aliphatic heterocycles. The highest BCUT2D eigenvalue weighted by molar-refractivity contribution is 5.99. The number of hydrogen-bond donors (Lipinski definition) is 2. The number of hydrogen-bond acceptors (Lipinski definition) is 5. The van der Waals surface area contributed by atoms with Gasteiger partial charge < -0.3 is 24.5 Å². The molecule has 1 aromatic carbocycles. The molecular weight excluding hydrogens is 372 g/mol. The third-order valence-electron chi connectivity index (χ3n) is 5.94. The highest BCUT2D eigenvalue weighted by Gasteiger charge is 2.29. The molecule has 1 aliphatic rings. The van der Waals surface area contributed by atoms with Gasteiger partial charge in [-0.3, -0.25) is 9.59 Å². The molecule has 0 fully saturated rings. The number of aromatic nitrogens is 1. The highest BCUT2D eigenvalue weighted by atomic mass is 16.5. The van der Waals surface area contributed by atoms with Crippen LogP contribution >= 0.6 is 0 Å². The Morgan fingerprint density at radius 3 is 2.69 bits per heavy atom. The molecule has 7 heteroatoms. The van der Waals surface area contributed by atoms with Crippen LogP contribution in [0.4, 0.5) is 0 Å². The number of carbonyl (C=O) groups excluding carboxylic acids is 1. The zero-order valence-corrected chi connectivity index (χ0v) is 17.4. The summed E-state index contributed by atoms with van der Waals surface area (Å²) in [6.45, 7) is 4.70. The van der Waals surface area contributed by atoms with Crippen LogP contribution in [0.3, 0.4) is 0 Å². The minimum Gasteiger partial charge on any atom is -0.493 e. The molecule has 1 amide bonds. The molecule has 3 rings (SSSR count). The standard InChI is InChI=1S/C22H30N2O5/c1-4-22(5-2,14-25)23-20(26)16-13-15-9-10-17(28-3)19-18(15)24(21(16)27)11-7-6-8-12-29-19/h9-10,13,25H,4-8,11-12,14H2,1-3H3,(H,23,26). The van der Waals surface area contributed by atoms with Crippen LogP contribution in [0.1, 0.15) is 56.3 Å². The number of rotatable bonds is 6. The third kappa shape index (κ3) is 3.96. The summed E-state index contributed by atoms with van der Waals surface area (Å²) in [6, 6.07) is 5.24. The van der Waals surface area contributed by atoms with Gasteiger partial charge in [-0.2, -0.15) is 0 Å². The maximum atomic E-state index is 13.3. The van der Waals surface area contributed by atoms with E-state index < -0.39 is 11.4 Å². The number of benzene rings is 1. The Morgan fingerprint density at radius 2 is 2.03 bits per heavy atom. The third-order valence-corrected chi connectivity index (χ3v) is 5.94. The van der Waals surface area contributed by atoms with E-state index in [0.717, 1.165) is 24.6 Å². The van der Waals surface area contributed by atoms with E-state index >= 15 is 0 Å². The number of amides is 1. The van der Waals surface area contributed by atoms with Crippen molar-refractivity contribution in [2.75, 3.05) is 20.3 Å². The lowest BCUT2D eigenvalue weighted by Gasteiger charge is -2.30. The lowest BCUT2D eigenvalue weighted by Crippen LogP contribution is -2.51. The topological polar surface area (TPSA) is 89.8 Å². The molecule has 2 heterocycles. The summed E-state index contributed by atoms with van der Waals surface area (Å²) in [7, 11) is 1.57. The molecule has 0 saturated heterocycles. The Morgan fingerprint density at radius 1 is 1.28 bits per heavy atom. The highest BCUT2D eigenvalue weighted by Crippen LogP contribution is 2.36. The van der Waals surface area contributed by atoms with Crippen molar-refractivity contribution in [2.45, 2.75) is 58.0 Å². The number of carbonyl (C=O) groups is 1. The first kappa shape index (κ1) is 21.2. The van der Waals surface area contributed by atoms with Crippen LogP contribution in [-0.2, 0) is 6.54 Å². The smallest absolute Gasteiger partial charge is 0.264 e. The molecule has 0 saturated carbocycles. The van der Waals surface area contributed by atoms with Gasteiger partial charge >= 0.3 is 0 Å². The van der Waals surface area contributed by atoms with Crippen LogP contribution in [0.15, 0.2) is 23.0 Å². The van der Waals surface area contributed by atoms with E-state index in [1.807, 2.05) is 19.9 Å². The molecule has 0 atom stereocenters. The first-order valence-electron chi connectivity index (χ1n) is 10.3. The Bertz CT molecular complexity index is 938. The van der Waals surface area contributed by atoms with Gasteiger partial charge in [0.15, 0.2) is 11.5 Å². The Balaban J connectivity index is 2.18. The van der Waals surface area contributed by atoms with E-state index in [4.69, 9.17) is 9.47 Å². The first-order chi connectivity index (χ1) is 14.0. The molecule has 0 bridgehead atoms. The summed E-state index contributed by atoms with van der Waals surface area (Å²) >= 11 is 0. The van der Waals surface area contributed by atoms with Gasteiger partial charge in [0.05, 0.1) is 31.4 Å². The summed E-state index contributed by atoms with van der Waals surface area (Å²) in [6.07, 6.45) is 3.79. The largest absolute Gasteiger partial charge is 0.493 e. The van der Waals surface area contributed by atoms with Crippen LogP contribution in [0.25, 0.3) is 10.9 Å². The van der Waals surface area contributed by atoms with Crippen LogP contribution in [0.5, 0.6) is 11.5 Å². The molecule has 29 heavy (non-hydrogen) atoms. The first-order valence-corrected chi connectivity index (χ1v) is 10.3. The quantitative estimate of drug-likeness (QED) is 0.776. The van der Waals surface area contributed by atoms with E-state index in [1.165, 1.54) is 0 Å². The molecule has 0 aliphatic carbocycles. The molecule has 158 valence electrons. The summed E-state index contributed by atoms with van der Waals surface area (Å²) in [5.41, 5.74) is -0.353. The van der Waals surface area contributed by atoms with Crippen molar-refractivity contribution in [1.29, 1.82) is 0 Å². The van der Waals surface area contributed by atoms with E-state index in [2.05, 4.69) is 5.32 Å². The van der Waals surface area contributed by atoms with Gasteiger partial charge in [0.1, 0.15) is 5.56 Å². The van der Waals surface area contributed by atoms with Gasteiger partial charge in [-0.25, -0.2) is 0 Å². The Labute approximate surface area is 170 Å². The summed E-state index contributed by atoms with van der Waals surface area (Å²) in [5.74, 6) is 0.653. The van der Waals surface area contributed by atoms with Gasteiger partial charge in [0.25, 0.3) is 11.5 Å². The fraction of sp³-hybridized carbons (Fsp3) is 0.545. The summed E-state index contributed by atoms with van der Waals surface area (Å²) < 4.78 is 13.1. The number of methoxy groups -OCH3 is 1. The Hall–Kier alpha value is -2.54. The van der Waals surface area contributed by atoms with Gasteiger partial charge in [0.2, 0.25) is 0 Å². The zero-order chi connectivity index (χ0) is 21.0. The van der Waals surface area contributed by atoms with E-state index in [9.17, 15) is 14.7 Å². The van der Waals surface area contributed by atoms with Crippen molar-refractivity contribution in [3.63, 3.8) is 0 Å². The zero-order valence-electron chi connectivity index (χ0n) is 17.4. The molecular formula is C22H30N2O5. The number of aliphatic hydroxyl groups is 1. The number of pyridine rings is 1. The number of nitrogens with one attached hydrogen (secondary N) is 1. The van der Waals surface area contributed by atoms with Crippen LogP contribution in [0, 0.1) is 0 Å². The monoisotopic (exact) mass is 402 g/mol. The van der Waals surface area contributed by atoms with Crippen molar-refractivity contribution in [3.8, 4) is 11.5 Å². The molecule has 0 radical (unpaired) electrons. The maximum Gasteiger partial charge on any atom is 0.264 e. The van der Waals surface area contributed by atoms with Crippen molar-refractivity contribution in [1.82, 2.24) is 9.88 Å². The molecule has 0 unspecified atom stereocenters. The molecule has 1 aromatic heterocycles. The van der Waals surface area contributed by atoms with Crippen molar-refractivity contribution in [2.24, 2.45) is 0 Å². The van der Waals surface area contributed by atoms with Crippen molar-refractivity contribution < 1.29 is 19.4 Å². The van der Waals surface area contributed by atoms with Crippen molar-refractivity contribution in [3.05, 3.63) is 34.1 Å². The molecule has 2 N–H and O–H groups in total. The predicted octanol–water partition coefficient (Wildman–Crippen LogP) is 2.85. The van der Waals surface area contributed by atoms with Gasteiger partial charge in [-0.1, -0.05) is 13.8 Å². The minimum atomic E-state index is -0.736. The average Bonchev–Trinajstić information content (AvgIpc) is 2.85. The van der Waals surface area contributed by atoms with Crippen molar-refractivity contribution >= 4 is 16.8 Å². The lowest BCUT2D eigenvalue weighted by atomic mass is 9.93. The maximum absolute atomic E-state index is 13.3. The SMILES string of the molecule is CCC(CC)(CO)NC(=O)c1cc2ccc(OC)c3c2n(c1=O)CCCCCO3. The second-order valence-electron chi connectivity index (χ2n) is 7.56. The van der Waals surface area contributed by atoms with E-state index in [-0.39, 0.29) is 17.7 Å². The normalized spacial score (nSPS) is 14.5. The molecule has 0 spiro atoms. The number of ether oxygens (including phenoxy) is 2. The fourth-order valence-corrected chi connectivity index (χ4v) is 3.82. The number of aliphatic hydroxyl groups excluding tert-OH is 1. The van der Waals surface area contributed by atoms with E-state index in [0.29, 0.717) is 43.0 Å². The second kappa shape index (κ2) is 8.86. The van der Waals surface area contributed by atoms with Crippen LogP contribution in [0.2, 0.25) is 0 Å². The van der Waals surface area contributed by atoms with Crippen LogP contribution in [-0.4, -0.2) is 41.4 Å². The average molecular weight is 402 g/mol. The summed E-state index contributed by atoms with van der Waals surface area (Å²) in [5, 5.41) is 13.4. The van der Waals surface area contributed by atoms with Crippen LogP contribution < -0.4 is 20.3 Å². The van der Waals surface area contributed by atoms with E-state index in [1.54, 1.807) is 23.8 Å². The fourth-order valence-electron chi connectivity index (χ4n) is 3.82. The molecule has 2 aromatic rings. The minimum absolute atomic E-state index is 0.0765. The second-order valence-corrected chi connectivity index (χ2v) is 7.56. The van der Waals surface area contributed by atoms with Gasteiger partial charge in [-0.15, -0.1) is 0 Å².